The van der Waals surface area contributed by atoms with Gasteiger partial charge in [0.2, 0.25) is 11.8 Å². The molecule has 2 amide bonds. The molecule has 1 atom stereocenters. The summed E-state index contributed by atoms with van der Waals surface area (Å²) in [5, 5.41) is 4.43. The maximum Gasteiger partial charge on any atom is 0.242 e. The van der Waals surface area contributed by atoms with Crippen molar-refractivity contribution in [1.82, 2.24) is 10.2 Å². The lowest BCUT2D eigenvalue weighted by atomic mass is 10.1. The van der Waals surface area contributed by atoms with Crippen LogP contribution in [0.3, 0.4) is 0 Å². The van der Waals surface area contributed by atoms with Gasteiger partial charge in [0.1, 0.15) is 6.04 Å². The summed E-state index contributed by atoms with van der Waals surface area (Å²) in [7, 11) is 0. The molecular weight excluding hydrogens is 451 g/mol. The molecule has 3 rings (SSSR count). The summed E-state index contributed by atoms with van der Waals surface area (Å²) in [6.07, 6.45) is 4.31. The van der Waals surface area contributed by atoms with Gasteiger partial charge in [-0.2, -0.15) is 0 Å². The van der Waals surface area contributed by atoms with E-state index in [1.807, 2.05) is 42.5 Å². The van der Waals surface area contributed by atoms with Crippen LogP contribution in [-0.2, 0) is 21.9 Å². The minimum atomic E-state index is -0.553. The van der Waals surface area contributed by atoms with E-state index in [1.165, 1.54) is 11.8 Å². The molecule has 1 N–H and O–H groups in total. The van der Waals surface area contributed by atoms with Crippen LogP contribution in [0.2, 0.25) is 10.0 Å². The number of nitrogens with zero attached hydrogens (tertiary/aromatic N) is 1. The molecule has 4 nitrogen and oxygen atoms in total. The van der Waals surface area contributed by atoms with Gasteiger partial charge in [-0.05, 0) is 55.2 Å². The molecule has 0 unspecified atom stereocenters. The number of hydrogen-bond donors (Lipinski definition) is 1. The molecule has 0 aliphatic heterocycles. The van der Waals surface area contributed by atoms with Gasteiger partial charge in [-0.3, -0.25) is 9.59 Å². The summed E-state index contributed by atoms with van der Waals surface area (Å²) in [6.45, 7) is 2.15. The summed E-state index contributed by atoms with van der Waals surface area (Å²) in [6, 6.07) is 14.7. The van der Waals surface area contributed by atoms with E-state index in [0.717, 1.165) is 36.8 Å². The average Bonchev–Trinajstić information content (AvgIpc) is 3.26. The molecule has 31 heavy (non-hydrogen) atoms. The molecule has 0 saturated heterocycles. The zero-order valence-electron chi connectivity index (χ0n) is 17.7. The molecular formula is C24H28Cl2N2O2S. The van der Waals surface area contributed by atoms with E-state index < -0.39 is 6.04 Å². The molecule has 0 radical (unpaired) electrons. The van der Waals surface area contributed by atoms with Crippen molar-refractivity contribution in [3.8, 4) is 0 Å². The Morgan fingerprint density at radius 1 is 1.06 bits per heavy atom. The molecule has 0 heterocycles. The summed E-state index contributed by atoms with van der Waals surface area (Å²) in [5.41, 5.74) is 2.01. The van der Waals surface area contributed by atoms with Crippen molar-refractivity contribution in [2.75, 3.05) is 5.75 Å². The second-order valence-corrected chi connectivity index (χ2v) is 9.80. The van der Waals surface area contributed by atoms with Gasteiger partial charge in [0.15, 0.2) is 0 Å². The summed E-state index contributed by atoms with van der Waals surface area (Å²) < 4.78 is 0. The van der Waals surface area contributed by atoms with E-state index >= 15 is 0 Å². The molecule has 1 aliphatic rings. The van der Waals surface area contributed by atoms with Crippen LogP contribution in [0, 0.1) is 0 Å². The summed E-state index contributed by atoms with van der Waals surface area (Å²) in [5.74, 6) is 0.846. The fraction of sp³-hybridized carbons (Fsp3) is 0.417. The quantitative estimate of drug-likeness (QED) is 0.502. The van der Waals surface area contributed by atoms with Gasteiger partial charge in [0.25, 0.3) is 0 Å². The Kier molecular flexibility index (Phi) is 9.12. The van der Waals surface area contributed by atoms with Gasteiger partial charge in [0.05, 0.1) is 5.75 Å². The second kappa shape index (κ2) is 11.8. The Morgan fingerprint density at radius 2 is 1.77 bits per heavy atom. The van der Waals surface area contributed by atoms with E-state index in [1.54, 1.807) is 17.9 Å². The van der Waals surface area contributed by atoms with Crippen molar-refractivity contribution in [3.63, 3.8) is 0 Å². The highest BCUT2D eigenvalue weighted by Gasteiger charge is 2.28. The number of halogens is 2. The Hall–Kier alpha value is -1.69. The molecule has 166 valence electrons. The Balaban J connectivity index is 1.65. The molecule has 1 aliphatic carbocycles. The SMILES string of the molecule is C[C@@H](C(=O)NC1CCCC1)N(Cc1cccc(Cl)c1)C(=O)CSCc1ccc(Cl)cc1. The van der Waals surface area contributed by atoms with E-state index in [-0.39, 0.29) is 17.9 Å². The van der Waals surface area contributed by atoms with E-state index in [0.29, 0.717) is 28.1 Å². The van der Waals surface area contributed by atoms with Gasteiger partial charge in [-0.15, -0.1) is 11.8 Å². The topological polar surface area (TPSA) is 49.4 Å². The summed E-state index contributed by atoms with van der Waals surface area (Å²) >= 11 is 13.6. The lowest BCUT2D eigenvalue weighted by Crippen LogP contribution is -2.50. The van der Waals surface area contributed by atoms with Crippen LogP contribution in [0.15, 0.2) is 48.5 Å². The van der Waals surface area contributed by atoms with Crippen LogP contribution in [0.1, 0.15) is 43.7 Å². The highest BCUT2D eigenvalue weighted by Crippen LogP contribution is 2.21. The molecule has 0 spiro atoms. The molecule has 7 heteroatoms. The average molecular weight is 479 g/mol. The van der Waals surface area contributed by atoms with Crippen molar-refractivity contribution in [2.45, 2.75) is 57.0 Å². The van der Waals surface area contributed by atoms with Crippen LogP contribution in [0.25, 0.3) is 0 Å². The molecule has 0 aromatic heterocycles. The lowest BCUT2D eigenvalue weighted by Gasteiger charge is -2.29. The lowest BCUT2D eigenvalue weighted by molar-refractivity contribution is -0.138. The fourth-order valence-electron chi connectivity index (χ4n) is 3.73. The van der Waals surface area contributed by atoms with Crippen LogP contribution in [-0.4, -0.2) is 34.6 Å². The van der Waals surface area contributed by atoms with Crippen molar-refractivity contribution in [3.05, 3.63) is 69.7 Å². The monoisotopic (exact) mass is 478 g/mol. The third-order valence-corrected chi connectivity index (χ3v) is 6.99. The second-order valence-electron chi connectivity index (χ2n) is 7.94. The normalized spacial score (nSPS) is 14.9. The Morgan fingerprint density at radius 3 is 2.45 bits per heavy atom. The number of benzene rings is 2. The van der Waals surface area contributed by atoms with Crippen LogP contribution in [0.4, 0.5) is 0 Å². The van der Waals surface area contributed by atoms with Crippen LogP contribution in [0.5, 0.6) is 0 Å². The number of hydrogen-bond acceptors (Lipinski definition) is 3. The van der Waals surface area contributed by atoms with Gasteiger partial charge in [-0.1, -0.05) is 60.3 Å². The predicted molar refractivity (Wildman–Crippen MR) is 129 cm³/mol. The predicted octanol–water partition coefficient (Wildman–Crippen LogP) is 5.70. The first-order chi connectivity index (χ1) is 14.9. The largest absolute Gasteiger partial charge is 0.352 e. The first kappa shape index (κ1) is 24.0. The summed E-state index contributed by atoms with van der Waals surface area (Å²) in [4.78, 5) is 27.7. The number of thioether (sulfide) groups is 1. The van der Waals surface area contributed by atoms with E-state index in [2.05, 4.69) is 5.32 Å². The number of nitrogens with one attached hydrogen (secondary N) is 1. The zero-order chi connectivity index (χ0) is 22.2. The van der Waals surface area contributed by atoms with E-state index in [4.69, 9.17) is 23.2 Å². The maximum absolute atomic E-state index is 13.1. The highest BCUT2D eigenvalue weighted by molar-refractivity contribution is 7.99. The third-order valence-electron chi connectivity index (χ3n) is 5.52. The number of carbonyl (C=O) groups is 2. The zero-order valence-corrected chi connectivity index (χ0v) is 20.0. The maximum atomic E-state index is 13.1. The fourth-order valence-corrected chi connectivity index (χ4v) is 4.94. The third kappa shape index (κ3) is 7.44. The Bertz CT molecular complexity index is 885. The van der Waals surface area contributed by atoms with Gasteiger partial charge >= 0.3 is 0 Å². The number of amides is 2. The minimum Gasteiger partial charge on any atom is -0.352 e. The van der Waals surface area contributed by atoms with Crippen LogP contribution < -0.4 is 5.32 Å². The molecule has 2 aromatic rings. The minimum absolute atomic E-state index is 0.0620. The van der Waals surface area contributed by atoms with Gasteiger partial charge in [-0.25, -0.2) is 0 Å². The first-order valence-corrected chi connectivity index (χ1v) is 12.5. The molecule has 0 bridgehead atoms. The molecule has 2 aromatic carbocycles. The van der Waals surface area contributed by atoms with E-state index in [9.17, 15) is 9.59 Å². The van der Waals surface area contributed by atoms with Crippen LogP contribution >= 0.6 is 35.0 Å². The van der Waals surface area contributed by atoms with Crippen molar-refractivity contribution in [2.24, 2.45) is 0 Å². The number of rotatable bonds is 9. The van der Waals surface area contributed by atoms with Gasteiger partial charge < -0.3 is 10.2 Å². The van der Waals surface area contributed by atoms with Crippen molar-refractivity contribution in [1.29, 1.82) is 0 Å². The Labute approximate surface area is 198 Å². The van der Waals surface area contributed by atoms with Crippen molar-refractivity contribution >= 4 is 46.8 Å². The molecule has 1 fully saturated rings. The van der Waals surface area contributed by atoms with Gasteiger partial charge in [0, 0.05) is 28.4 Å². The highest BCUT2D eigenvalue weighted by atomic mass is 35.5. The standard InChI is InChI=1S/C24H28Cl2N2O2S/c1-17(24(30)27-22-7-2-3-8-22)28(14-19-5-4-6-21(26)13-19)23(29)16-31-15-18-9-11-20(25)12-10-18/h4-6,9-13,17,22H,2-3,7-8,14-16H2,1H3,(H,27,30)/t17-/m0/s1. The molecule has 1 saturated carbocycles. The van der Waals surface area contributed by atoms with Crippen molar-refractivity contribution < 1.29 is 9.59 Å². The smallest absolute Gasteiger partial charge is 0.242 e. The first-order valence-electron chi connectivity index (χ1n) is 10.6. The number of carbonyl (C=O) groups excluding carboxylic acids is 2.